The normalized spacial score (nSPS) is 26.1. The second-order valence-electron chi connectivity index (χ2n) is 4.84. The second kappa shape index (κ2) is 5.65. The predicted molar refractivity (Wildman–Crippen MR) is 70.5 cm³/mol. The fraction of sp³-hybridized carbons (Fsp3) is 0.615. The molecule has 3 unspecified atom stereocenters. The van der Waals surface area contributed by atoms with E-state index < -0.39 is 0 Å². The van der Waals surface area contributed by atoms with Crippen LogP contribution in [-0.4, -0.2) is 42.0 Å². The quantitative estimate of drug-likeness (QED) is 0.827. The summed E-state index contributed by atoms with van der Waals surface area (Å²) in [6.07, 6.45) is 1.63. The van der Waals surface area contributed by atoms with E-state index in [9.17, 15) is 5.11 Å². The molecule has 0 saturated carbocycles. The molecule has 2 rings (SSSR count). The lowest BCUT2D eigenvalue weighted by Gasteiger charge is -2.39. The first-order valence-electron chi connectivity index (χ1n) is 6.33. The molecule has 18 heavy (non-hydrogen) atoms. The van der Waals surface area contributed by atoms with Gasteiger partial charge in [-0.2, -0.15) is 0 Å². The van der Waals surface area contributed by atoms with Crippen molar-refractivity contribution in [3.8, 4) is 0 Å². The van der Waals surface area contributed by atoms with Gasteiger partial charge in [0.05, 0.1) is 25.4 Å². The molecule has 1 saturated heterocycles. The molecule has 100 valence electrons. The maximum Gasteiger partial charge on any atom is 0.133 e. The number of morpholine rings is 1. The number of rotatable bonds is 3. The molecule has 1 fully saturated rings. The zero-order valence-electron chi connectivity index (χ0n) is 10.9. The molecule has 0 spiro atoms. The lowest BCUT2D eigenvalue weighted by atomic mass is 10.1. The molecule has 5 heteroatoms. The van der Waals surface area contributed by atoms with Gasteiger partial charge in [0.2, 0.25) is 0 Å². The third-order valence-electron chi connectivity index (χ3n) is 3.29. The van der Waals surface area contributed by atoms with Crippen LogP contribution in [0.3, 0.4) is 0 Å². The Morgan fingerprint density at radius 1 is 1.67 bits per heavy atom. The Morgan fingerprint density at radius 3 is 3.11 bits per heavy atom. The van der Waals surface area contributed by atoms with Gasteiger partial charge in [0.25, 0.3) is 0 Å². The van der Waals surface area contributed by atoms with Crippen LogP contribution in [0, 0.1) is 0 Å². The van der Waals surface area contributed by atoms with Crippen molar-refractivity contribution >= 4 is 5.82 Å². The maximum absolute atomic E-state index is 9.22. The van der Waals surface area contributed by atoms with Gasteiger partial charge in [0.1, 0.15) is 5.82 Å². The zero-order chi connectivity index (χ0) is 13.1. The number of pyridine rings is 1. The Bertz CT molecular complexity index is 398. The molecular formula is C13H21N3O2. The van der Waals surface area contributed by atoms with Crippen molar-refractivity contribution in [2.75, 3.05) is 24.7 Å². The van der Waals surface area contributed by atoms with E-state index in [1.54, 1.807) is 6.20 Å². The highest BCUT2D eigenvalue weighted by Crippen LogP contribution is 2.26. The van der Waals surface area contributed by atoms with E-state index in [0.29, 0.717) is 13.2 Å². The molecule has 1 aromatic heterocycles. The summed E-state index contributed by atoms with van der Waals surface area (Å²) in [4.78, 5) is 6.62. The van der Waals surface area contributed by atoms with Crippen LogP contribution in [0.4, 0.5) is 5.82 Å². The summed E-state index contributed by atoms with van der Waals surface area (Å²) in [6, 6.07) is 4.08. The molecule has 5 nitrogen and oxygen atoms in total. The highest BCUT2D eigenvalue weighted by atomic mass is 16.5. The summed E-state index contributed by atoms with van der Waals surface area (Å²) in [5.74, 6) is 0.904. The van der Waals surface area contributed by atoms with Crippen molar-refractivity contribution in [1.82, 2.24) is 4.98 Å². The number of aromatic nitrogens is 1. The molecule has 0 bridgehead atoms. The molecule has 1 aromatic rings. The molecule has 2 heterocycles. The number of hydrogen-bond acceptors (Lipinski definition) is 5. The summed E-state index contributed by atoms with van der Waals surface area (Å²) in [6.45, 7) is 5.32. The Labute approximate surface area is 108 Å². The van der Waals surface area contributed by atoms with Gasteiger partial charge in [-0.05, 0) is 19.9 Å². The van der Waals surface area contributed by atoms with Crippen LogP contribution in [0.1, 0.15) is 25.5 Å². The van der Waals surface area contributed by atoms with Gasteiger partial charge >= 0.3 is 0 Å². The summed E-state index contributed by atoms with van der Waals surface area (Å²) in [5.41, 5.74) is 7.02. The van der Waals surface area contributed by atoms with Gasteiger partial charge < -0.3 is 20.5 Å². The van der Waals surface area contributed by atoms with Crippen molar-refractivity contribution in [3.63, 3.8) is 0 Å². The van der Waals surface area contributed by atoms with Crippen molar-refractivity contribution in [1.29, 1.82) is 0 Å². The smallest absolute Gasteiger partial charge is 0.133 e. The fourth-order valence-electron chi connectivity index (χ4n) is 2.23. The van der Waals surface area contributed by atoms with Crippen LogP contribution in [0.25, 0.3) is 0 Å². The first kappa shape index (κ1) is 13.3. The minimum atomic E-state index is -0.149. The number of anilines is 1. The number of aliphatic hydroxyl groups is 1. The number of nitrogens with two attached hydrogens (primary N) is 1. The first-order chi connectivity index (χ1) is 8.63. The summed E-state index contributed by atoms with van der Waals surface area (Å²) < 4.78 is 5.54. The van der Waals surface area contributed by atoms with Crippen LogP contribution in [0.2, 0.25) is 0 Å². The Morgan fingerprint density at radius 2 is 2.44 bits per heavy atom. The van der Waals surface area contributed by atoms with Crippen molar-refractivity contribution < 1.29 is 9.84 Å². The van der Waals surface area contributed by atoms with Gasteiger partial charge in [0, 0.05) is 24.3 Å². The third kappa shape index (κ3) is 2.63. The highest BCUT2D eigenvalue weighted by molar-refractivity contribution is 5.49. The minimum Gasteiger partial charge on any atom is -0.394 e. The molecule has 1 aliphatic heterocycles. The van der Waals surface area contributed by atoms with Crippen molar-refractivity contribution in [2.45, 2.75) is 32.0 Å². The van der Waals surface area contributed by atoms with E-state index in [-0.39, 0.29) is 24.8 Å². The molecule has 3 N–H and O–H groups in total. The predicted octanol–water partition coefficient (Wildman–Crippen LogP) is 0.687. The number of nitrogens with zero attached hydrogens (tertiary/aromatic N) is 2. The van der Waals surface area contributed by atoms with Gasteiger partial charge in [-0.25, -0.2) is 4.98 Å². The van der Waals surface area contributed by atoms with Crippen LogP contribution in [-0.2, 0) is 4.74 Å². The standard InChI is InChI=1S/C13H21N3O2/c1-9-8-18-11(7-17)6-16(9)13-12(10(2)14)4-3-5-15-13/h3-5,9-11,17H,6-8,14H2,1-2H3. The highest BCUT2D eigenvalue weighted by Gasteiger charge is 2.28. The lowest BCUT2D eigenvalue weighted by Crippen LogP contribution is -2.50. The number of hydrogen-bond donors (Lipinski definition) is 2. The first-order valence-corrected chi connectivity index (χ1v) is 6.33. The van der Waals surface area contributed by atoms with Gasteiger partial charge in [0.15, 0.2) is 0 Å². The zero-order valence-corrected chi connectivity index (χ0v) is 10.9. The number of aliphatic hydroxyl groups excluding tert-OH is 1. The Kier molecular flexibility index (Phi) is 4.16. The molecule has 1 aliphatic rings. The molecule has 0 amide bonds. The summed E-state index contributed by atoms with van der Waals surface area (Å²) in [7, 11) is 0. The topological polar surface area (TPSA) is 71.6 Å². The maximum atomic E-state index is 9.22. The Balaban J connectivity index is 2.28. The monoisotopic (exact) mass is 251 g/mol. The van der Waals surface area contributed by atoms with Gasteiger partial charge in [-0.3, -0.25) is 0 Å². The van der Waals surface area contributed by atoms with Crippen LogP contribution >= 0.6 is 0 Å². The molecule has 0 radical (unpaired) electrons. The van der Waals surface area contributed by atoms with Crippen molar-refractivity contribution in [3.05, 3.63) is 23.9 Å². The third-order valence-corrected chi connectivity index (χ3v) is 3.29. The second-order valence-corrected chi connectivity index (χ2v) is 4.84. The van der Waals surface area contributed by atoms with E-state index in [2.05, 4.69) is 16.8 Å². The molecule has 0 aliphatic carbocycles. The van der Waals surface area contributed by atoms with Crippen LogP contribution in [0.15, 0.2) is 18.3 Å². The number of ether oxygens (including phenoxy) is 1. The van der Waals surface area contributed by atoms with Crippen LogP contribution < -0.4 is 10.6 Å². The summed E-state index contributed by atoms with van der Waals surface area (Å²) in [5, 5.41) is 9.22. The van der Waals surface area contributed by atoms with Gasteiger partial charge in [-0.15, -0.1) is 0 Å². The van der Waals surface area contributed by atoms with E-state index in [0.717, 1.165) is 11.4 Å². The molecule has 0 aromatic carbocycles. The average Bonchev–Trinajstić information content (AvgIpc) is 2.39. The fourth-order valence-corrected chi connectivity index (χ4v) is 2.23. The lowest BCUT2D eigenvalue weighted by molar-refractivity contribution is -0.0106. The van der Waals surface area contributed by atoms with E-state index in [1.165, 1.54) is 0 Å². The van der Waals surface area contributed by atoms with E-state index in [4.69, 9.17) is 10.5 Å². The van der Waals surface area contributed by atoms with Gasteiger partial charge in [-0.1, -0.05) is 6.07 Å². The van der Waals surface area contributed by atoms with E-state index >= 15 is 0 Å². The van der Waals surface area contributed by atoms with E-state index in [1.807, 2.05) is 19.1 Å². The SMILES string of the molecule is CC(N)c1cccnc1N1CC(CO)OCC1C. The molecular weight excluding hydrogens is 230 g/mol. The van der Waals surface area contributed by atoms with Crippen molar-refractivity contribution in [2.24, 2.45) is 5.73 Å². The minimum absolute atomic E-state index is 0.0313. The largest absolute Gasteiger partial charge is 0.394 e. The molecule has 3 atom stereocenters. The average molecular weight is 251 g/mol. The Hall–Kier alpha value is -1.17. The van der Waals surface area contributed by atoms with Crippen LogP contribution in [0.5, 0.6) is 0 Å². The summed E-state index contributed by atoms with van der Waals surface area (Å²) >= 11 is 0.